The number of rotatable bonds is 34. The predicted octanol–water partition coefficient (Wildman–Crippen LogP) is 4.60. The van der Waals surface area contributed by atoms with Gasteiger partial charge in [0.15, 0.2) is 12.6 Å². The molecule has 59 heavy (non-hydrogen) atoms. The number of hydrogen-bond donors (Lipinski definition) is 9. The van der Waals surface area contributed by atoms with E-state index in [4.69, 9.17) is 18.9 Å². The molecule has 0 aliphatic carbocycles. The Balaban J connectivity index is 1.84. The first-order valence-corrected chi connectivity index (χ1v) is 23.1. The number of hydrogen-bond acceptors (Lipinski definition) is 13. The van der Waals surface area contributed by atoms with Gasteiger partial charge in [-0.3, -0.25) is 4.79 Å². The van der Waals surface area contributed by atoms with Crippen LogP contribution in [0.2, 0.25) is 0 Å². The molecule has 2 aliphatic heterocycles. The highest BCUT2D eigenvalue weighted by Gasteiger charge is 2.50. The van der Waals surface area contributed by atoms with E-state index in [1.165, 1.54) is 83.5 Å². The van der Waals surface area contributed by atoms with E-state index in [0.717, 1.165) is 44.9 Å². The lowest BCUT2D eigenvalue weighted by Crippen LogP contribution is -2.65. The van der Waals surface area contributed by atoms with Gasteiger partial charge in [-0.2, -0.15) is 0 Å². The molecule has 0 saturated carbocycles. The lowest BCUT2D eigenvalue weighted by atomic mass is 9.97. The van der Waals surface area contributed by atoms with Crippen molar-refractivity contribution in [3.8, 4) is 0 Å². The fourth-order valence-corrected chi connectivity index (χ4v) is 7.53. The SMILES string of the molecule is CCCC/C=C/CC/C=C/C(O)C(COC1OC(CO)C(OC2OC(CO)C(O)C(O)C2O)C(O)C1O)NC(=O)CCCCCCCCCCCCCCCCCCC. The Morgan fingerprint density at radius 3 is 1.64 bits per heavy atom. The zero-order valence-corrected chi connectivity index (χ0v) is 36.2. The molecule has 2 saturated heterocycles. The van der Waals surface area contributed by atoms with E-state index in [0.29, 0.717) is 12.8 Å². The summed E-state index contributed by atoms with van der Waals surface area (Å²) >= 11 is 0. The van der Waals surface area contributed by atoms with Gasteiger partial charge in [-0.15, -0.1) is 0 Å². The van der Waals surface area contributed by atoms with E-state index in [1.807, 2.05) is 6.08 Å². The second kappa shape index (κ2) is 33.1. The van der Waals surface area contributed by atoms with Gasteiger partial charge < -0.3 is 65.1 Å². The maximum atomic E-state index is 13.1. The van der Waals surface area contributed by atoms with E-state index in [9.17, 15) is 45.6 Å². The fraction of sp³-hybridized carbons (Fsp3) is 0.889. The first-order valence-electron chi connectivity index (χ1n) is 23.1. The third kappa shape index (κ3) is 21.4. The Bertz CT molecular complexity index is 1090. The number of carbonyl (C=O) groups excluding carboxylic acids is 1. The predicted molar refractivity (Wildman–Crippen MR) is 226 cm³/mol. The molecular weight excluding hydrogens is 762 g/mol. The van der Waals surface area contributed by atoms with Gasteiger partial charge in [-0.05, 0) is 25.7 Å². The normalized spacial score (nSPS) is 28.7. The minimum absolute atomic E-state index is 0.253. The fourth-order valence-electron chi connectivity index (χ4n) is 7.53. The zero-order valence-electron chi connectivity index (χ0n) is 36.2. The van der Waals surface area contributed by atoms with Crippen molar-refractivity contribution in [1.82, 2.24) is 5.32 Å². The molecule has 2 aliphatic rings. The Labute approximate surface area is 354 Å². The highest BCUT2D eigenvalue weighted by Crippen LogP contribution is 2.30. The van der Waals surface area contributed by atoms with Crippen LogP contribution in [0.25, 0.3) is 0 Å². The van der Waals surface area contributed by atoms with Crippen LogP contribution < -0.4 is 5.32 Å². The first-order chi connectivity index (χ1) is 28.6. The molecule has 0 radical (unpaired) electrons. The molecule has 2 heterocycles. The molecular formula is C45H83NO13. The molecule has 2 fully saturated rings. The van der Waals surface area contributed by atoms with Crippen LogP contribution in [0, 0.1) is 0 Å². The number of ether oxygens (including phenoxy) is 4. The molecule has 0 aromatic carbocycles. The van der Waals surface area contributed by atoms with Gasteiger partial charge in [0.1, 0.15) is 48.8 Å². The number of unbranched alkanes of at least 4 members (excludes halogenated alkanes) is 19. The molecule has 12 unspecified atom stereocenters. The third-order valence-electron chi connectivity index (χ3n) is 11.4. The summed E-state index contributed by atoms with van der Waals surface area (Å²) in [4.78, 5) is 13.1. The van der Waals surface area contributed by atoms with Crippen molar-refractivity contribution < 1.29 is 64.6 Å². The van der Waals surface area contributed by atoms with Gasteiger partial charge in [-0.1, -0.05) is 154 Å². The van der Waals surface area contributed by atoms with Gasteiger partial charge in [-0.25, -0.2) is 0 Å². The summed E-state index contributed by atoms with van der Waals surface area (Å²) in [5, 5.41) is 86.2. The topological polar surface area (TPSA) is 228 Å². The summed E-state index contributed by atoms with van der Waals surface area (Å²) in [6, 6.07) is -0.923. The second-order valence-corrected chi connectivity index (χ2v) is 16.5. The summed E-state index contributed by atoms with van der Waals surface area (Å²) in [6.45, 7) is 2.67. The van der Waals surface area contributed by atoms with Crippen molar-refractivity contribution >= 4 is 5.91 Å². The van der Waals surface area contributed by atoms with Crippen LogP contribution in [0.4, 0.5) is 0 Å². The van der Waals surface area contributed by atoms with Gasteiger partial charge in [0.05, 0.1) is 32.0 Å². The van der Waals surface area contributed by atoms with Crippen LogP contribution in [-0.2, 0) is 23.7 Å². The highest BCUT2D eigenvalue weighted by molar-refractivity contribution is 5.76. The van der Waals surface area contributed by atoms with Crippen molar-refractivity contribution in [2.24, 2.45) is 0 Å². The minimum atomic E-state index is -1.79. The third-order valence-corrected chi connectivity index (χ3v) is 11.4. The Morgan fingerprint density at radius 1 is 0.593 bits per heavy atom. The number of amides is 1. The molecule has 1 amide bonds. The molecule has 14 nitrogen and oxygen atoms in total. The molecule has 346 valence electrons. The summed E-state index contributed by atoms with van der Waals surface area (Å²) in [5.74, 6) is -0.253. The molecule has 9 N–H and O–H groups in total. The smallest absolute Gasteiger partial charge is 0.220 e. The lowest BCUT2D eigenvalue weighted by Gasteiger charge is -2.46. The van der Waals surface area contributed by atoms with Crippen LogP contribution in [-0.4, -0.2) is 140 Å². The Morgan fingerprint density at radius 2 is 1.08 bits per heavy atom. The maximum Gasteiger partial charge on any atom is 0.220 e. The average Bonchev–Trinajstić information content (AvgIpc) is 3.23. The van der Waals surface area contributed by atoms with Crippen molar-refractivity contribution in [1.29, 1.82) is 0 Å². The monoisotopic (exact) mass is 846 g/mol. The molecule has 0 bridgehead atoms. The van der Waals surface area contributed by atoms with Crippen LogP contribution in [0.3, 0.4) is 0 Å². The van der Waals surface area contributed by atoms with Crippen LogP contribution in [0.5, 0.6) is 0 Å². The van der Waals surface area contributed by atoms with Crippen LogP contribution in [0.15, 0.2) is 24.3 Å². The van der Waals surface area contributed by atoms with E-state index >= 15 is 0 Å². The van der Waals surface area contributed by atoms with Crippen molar-refractivity contribution in [2.75, 3.05) is 19.8 Å². The summed E-state index contributed by atoms with van der Waals surface area (Å²) in [7, 11) is 0. The first kappa shape index (κ1) is 53.6. The molecule has 14 heteroatoms. The van der Waals surface area contributed by atoms with Crippen molar-refractivity contribution in [2.45, 2.75) is 235 Å². The molecule has 12 atom stereocenters. The van der Waals surface area contributed by atoms with E-state index in [1.54, 1.807) is 6.08 Å². The standard InChI is InChI=1S/C45H83NO13/c1-3-5-7-9-11-13-14-15-16-17-18-19-20-21-23-25-27-29-37(50)46-33(34(49)28-26-24-22-12-10-8-6-4-2)32-56-44-42(55)40(53)43(36(31-48)58-44)59-45-41(54)39(52)38(51)35(30-47)57-45/h10,12,26,28,33-36,38-45,47-49,51-55H,3-9,11,13-25,27,29-32H2,1-2H3,(H,46,50)/b12-10+,28-26+. The molecule has 0 aromatic rings. The Kier molecular flexibility index (Phi) is 30.1. The number of allylic oxidation sites excluding steroid dienone is 3. The molecule has 2 rings (SSSR count). The van der Waals surface area contributed by atoms with E-state index < -0.39 is 86.8 Å². The molecule has 0 aromatic heterocycles. The van der Waals surface area contributed by atoms with Crippen molar-refractivity contribution in [3.05, 3.63) is 24.3 Å². The number of aliphatic hydroxyl groups excluding tert-OH is 8. The van der Waals surface area contributed by atoms with Crippen molar-refractivity contribution in [3.63, 3.8) is 0 Å². The highest BCUT2D eigenvalue weighted by atomic mass is 16.7. The zero-order chi connectivity index (χ0) is 43.3. The summed E-state index contributed by atoms with van der Waals surface area (Å²) < 4.78 is 22.6. The largest absolute Gasteiger partial charge is 0.394 e. The van der Waals surface area contributed by atoms with Gasteiger partial charge in [0.25, 0.3) is 0 Å². The Hall–Kier alpha value is -1.53. The van der Waals surface area contributed by atoms with Crippen LogP contribution in [0.1, 0.15) is 162 Å². The summed E-state index contributed by atoms with van der Waals surface area (Å²) in [5.41, 5.74) is 0. The van der Waals surface area contributed by atoms with Gasteiger partial charge in [0.2, 0.25) is 5.91 Å². The van der Waals surface area contributed by atoms with Gasteiger partial charge >= 0.3 is 0 Å². The summed E-state index contributed by atoms with van der Waals surface area (Å²) in [6.07, 6.45) is 16.8. The maximum absolute atomic E-state index is 13.1. The van der Waals surface area contributed by atoms with E-state index in [2.05, 4.69) is 31.3 Å². The number of nitrogens with one attached hydrogen (secondary N) is 1. The number of carbonyl (C=O) groups is 1. The number of aliphatic hydroxyl groups is 8. The second-order valence-electron chi connectivity index (χ2n) is 16.5. The minimum Gasteiger partial charge on any atom is -0.394 e. The average molecular weight is 846 g/mol. The van der Waals surface area contributed by atoms with Crippen LogP contribution >= 0.6 is 0 Å². The molecule has 0 spiro atoms. The quantitative estimate of drug-likeness (QED) is 0.0319. The van der Waals surface area contributed by atoms with Gasteiger partial charge in [0, 0.05) is 6.42 Å². The lowest BCUT2D eigenvalue weighted by molar-refractivity contribution is -0.359. The van der Waals surface area contributed by atoms with E-state index in [-0.39, 0.29) is 18.9 Å².